The van der Waals surface area contributed by atoms with Gasteiger partial charge in [0.2, 0.25) is 11.8 Å². The van der Waals surface area contributed by atoms with Gasteiger partial charge in [-0.25, -0.2) is 4.21 Å². The van der Waals surface area contributed by atoms with Crippen LogP contribution >= 0.6 is 0 Å². The number of rotatable bonds is 15. The van der Waals surface area contributed by atoms with Crippen molar-refractivity contribution in [2.24, 2.45) is 10.8 Å². The maximum absolute atomic E-state index is 12.3. The molecule has 1 atom stereocenters. The summed E-state index contributed by atoms with van der Waals surface area (Å²) in [6, 6.07) is 6.68. The largest absolute Gasteiger partial charge is 0.410 e. The van der Waals surface area contributed by atoms with Crippen molar-refractivity contribution in [1.29, 1.82) is 0 Å². The first kappa shape index (κ1) is 30.6. The summed E-state index contributed by atoms with van der Waals surface area (Å²) in [6.07, 6.45) is 2.92. The summed E-state index contributed by atoms with van der Waals surface area (Å²) < 4.78 is 27.7. The van der Waals surface area contributed by atoms with Gasteiger partial charge in [-0.1, -0.05) is 39.7 Å². The molecule has 206 valence electrons. The van der Waals surface area contributed by atoms with Gasteiger partial charge in [0.05, 0.1) is 26.4 Å². The fourth-order valence-electron chi connectivity index (χ4n) is 4.13. The number of benzene rings is 1. The van der Waals surface area contributed by atoms with Crippen LogP contribution in [0, 0.1) is 10.8 Å². The topological polar surface area (TPSA) is 133 Å². The Kier molecular flexibility index (Phi) is 11.9. The molecule has 1 unspecified atom stereocenters. The van der Waals surface area contributed by atoms with Crippen LogP contribution in [0.5, 0.6) is 0 Å². The summed E-state index contributed by atoms with van der Waals surface area (Å²) in [5.41, 5.74) is 1.25. The van der Waals surface area contributed by atoms with Crippen LogP contribution in [-0.4, -0.2) is 72.0 Å². The fraction of sp³-hybridized carbons (Fsp3) is 0.615. The van der Waals surface area contributed by atoms with E-state index in [9.17, 15) is 13.8 Å². The minimum absolute atomic E-state index is 0.0393. The predicted octanol–water partition coefficient (Wildman–Crippen LogP) is 3.21. The maximum Gasteiger partial charge on any atom is 0.307 e. The van der Waals surface area contributed by atoms with Gasteiger partial charge in [-0.2, -0.15) is 0 Å². The first-order chi connectivity index (χ1) is 17.4. The summed E-state index contributed by atoms with van der Waals surface area (Å²) in [5, 5.41) is 13.3. The van der Waals surface area contributed by atoms with E-state index in [1.165, 1.54) is 6.26 Å². The first-order valence-corrected chi connectivity index (χ1v) is 13.9. The van der Waals surface area contributed by atoms with Crippen LogP contribution in [0.4, 0.5) is 0 Å². The van der Waals surface area contributed by atoms with Crippen molar-refractivity contribution < 1.29 is 27.7 Å². The molecule has 2 N–H and O–H groups in total. The molecule has 0 spiro atoms. The lowest BCUT2D eigenvalue weighted by Gasteiger charge is -2.31. The van der Waals surface area contributed by atoms with Crippen LogP contribution in [-0.2, 0) is 25.1 Å². The van der Waals surface area contributed by atoms with Gasteiger partial charge < -0.3 is 24.5 Å². The molecule has 0 aliphatic rings. The van der Waals surface area contributed by atoms with Gasteiger partial charge in [0.1, 0.15) is 10.8 Å². The second-order valence-corrected chi connectivity index (χ2v) is 12.1. The molecule has 1 aromatic heterocycles. The molecule has 2 amide bonds. The minimum atomic E-state index is -1.35. The number of aromatic nitrogens is 2. The fourth-order valence-corrected chi connectivity index (χ4v) is 4.48. The van der Waals surface area contributed by atoms with Crippen LogP contribution in [0.25, 0.3) is 11.5 Å². The Bertz CT molecular complexity index is 1030. The van der Waals surface area contributed by atoms with Gasteiger partial charge in [0.15, 0.2) is 0 Å². The van der Waals surface area contributed by atoms with Crippen LogP contribution < -0.4 is 10.6 Å². The smallest absolute Gasteiger partial charge is 0.307 e. The summed E-state index contributed by atoms with van der Waals surface area (Å²) in [4.78, 5) is 24.5. The molecule has 2 aromatic rings. The van der Waals surface area contributed by atoms with Crippen molar-refractivity contribution in [3.05, 3.63) is 29.8 Å². The average Bonchev–Trinajstić information content (AvgIpc) is 3.29. The van der Waals surface area contributed by atoms with Gasteiger partial charge in [0.25, 0.3) is 5.91 Å². The second kappa shape index (κ2) is 14.3. The molecule has 0 saturated heterocycles. The normalized spacial score (nSPS) is 12.8. The quantitative estimate of drug-likeness (QED) is 0.332. The monoisotopic (exact) mass is 536 g/mol. The van der Waals surface area contributed by atoms with E-state index in [-0.39, 0.29) is 33.8 Å². The molecular weight excluding hydrogens is 496 g/mol. The number of hydrogen-bond acceptors (Lipinski definition) is 8. The van der Waals surface area contributed by atoms with Crippen molar-refractivity contribution in [2.75, 3.05) is 45.8 Å². The van der Waals surface area contributed by atoms with Crippen LogP contribution in [0.1, 0.15) is 57.8 Å². The van der Waals surface area contributed by atoms with Gasteiger partial charge in [-0.15, -0.1) is 5.10 Å². The molecule has 10 nitrogen and oxygen atoms in total. The van der Waals surface area contributed by atoms with Gasteiger partial charge in [-0.3, -0.25) is 9.59 Å². The average molecular weight is 537 g/mol. The van der Waals surface area contributed by atoms with E-state index >= 15 is 0 Å². The second-order valence-electron chi connectivity index (χ2n) is 10.8. The SMILES string of the molecule is CS(=O)c1nnc(-c2ccc(C(=O)NCCOCCOCCNC(=O)CC(C)(C)CC(C)(C)C)cc2)o1. The number of ether oxygens (including phenoxy) is 2. The third-order valence-electron chi connectivity index (χ3n) is 5.17. The Labute approximate surface area is 221 Å². The van der Waals surface area contributed by atoms with Crippen molar-refractivity contribution in [1.82, 2.24) is 20.8 Å². The number of carbonyl (C=O) groups is 2. The Morgan fingerprint density at radius 1 is 0.919 bits per heavy atom. The molecule has 2 rings (SSSR count). The molecule has 0 bridgehead atoms. The molecule has 1 heterocycles. The number of nitrogens with one attached hydrogen (secondary N) is 2. The Morgan fingerprint density at radius 2 is 1.51 bits per heavy atom. The standard InChI is InChI=1S/C26H40N4O6S/c1-25(2,3)18-26(4,5)17-21(31)27-11-13-34-15-16-35-14-12-28-22(32)19-7-9-20(10-8-19)23-29-30-24(36-23)37(6)33/h7-10H,11-18H2,1-6H3,(H,27,31)(H,28,32). The molecule has 1 aromatic carbocycles. The van der Waals surface area contributed by atoms with Crippen molar-refractivity contribution in [2.45, 2.75) is 52.7 Å². The zero-order valence-corrected chi connectivity index (χ0v) is 23.5. The molecular formula is C26H40N4O6S. The molecule has 37 heavy (non-hydrogen) atoms. The zero-order chi connectivity index (χ0) is 27.5. The number of nitrogens with zero attached hydrogens (tertiary/aromatic N) is 2. The molecule has 0 saturated carbocycles. The molecule has 0 fully saturated rings. The Balaban J connectivity index is 1.53. The molecule has 11 heteroatoms. The summed E-state index contributed by atoms with van der Waals surface area (Å²) in [5.74, 6) is 0.0568. The lowest BCUT2D eigenvalue weighted by molar-refractivity contribution is -0.123. The van der Waals surface area contributed by atoms with Gasteiger partial charge in [0, 0.05) is 36.9 Å². The van der Waals surface area contributed by atoms with E-state index in [0.29, 0.717) is 57.1 Å². The summed E-state index contributed by atoms with van der Waals surface area (Å²) in [7, 11) is -1.35. The highest BCUT2D eigenvalue weighted by atomic mass is 32.2. The van der Waals surface area contributed by atoms with Crippen LogP contribution in [0.2, 0.25) is 0 Å². The molecule has 0 radical (unpaired) electrons. The highest BCUT2D eigenvalue weighted by Gasteiger charge is 2.27. The van der Waals surface area contributed by atoms with E-state index < -0.39 is 10.8 Å². The third-order valence-corrected chi connectivity index (χ3v) is 5.82. The number of carbonyl (C=O) groups excluding carboxylic acids is 2. The maximum atomic E-state index is 12.3. The van der Waals surface area contributed by atoms with E-state index in [2.05, 4.69) is 55.4 Å². The van der Waals surface area contributed by atoms with E-state index in [1.807, 2.05) is 0 Å². The summed E-state index contributed by atoms with van der Waals surface area (Å²) >= 11 is 0. The number of hydrogen-bond donors (Lipinski definition) is 2. The zero-order valence-electron chi connectivity index (χ0n) is 22.7. The van der Waals surface area contributed by atoms with Crippen molar-refractivity contribution in [3.63, 3.8) is 0 Å². The highest BCUT2D eigenvalue weighted by Crippen LogP contribution is 2.35. The Morgan fingerprint density at radius 3 is 2.05 bits per heavy atom. The van der Waals surface area contributed by atoms with Crippen molar-refractivity contribution in [3.8, 4) is 11.5 Å². The van der Waals surface area contributed by atoms with Crippen LogP contribution in [0.3, 0.4) is 0 Å². The third kappa shape index (κ3) is 12.0. The van der Waals surface area contributed by atoms with E-state index in [0.717, 1.165) is 6.42 Å². The Hall–Kier alpha value is -2.63. The van der Waals surface area contributed by atoms with E-state index in [4.69, 9.17) is 13.9 Å². The molecule has 0 aliphatic heterocycles. The first-order valence-electron chi connectivity index (χ1n) is 12.3. The van der Waals surface area contributed by atoms with Crippen LogP contribution in [0.15, 0.2) is 33.9 Å². The lowest BCUT2D eigenvalue weighted by atomic mass is 9.74. The molecule has 0 aliphatic carbocycles. The van der Waals surface area contributed by atoms with Gasteiger partial charge in [-0.05, 0) is 41.5 Å². The summed E-state index contributed by atoms with van der Waals surface area (Å²) in [6.45, 7) is 13.2. The van der Waals surface area contributed by atoms with E-state index in [1.54, 1.807) is 24.3 Å². The highest BCUT2D eigenvalue weighted by molar-refractivity contribution is 7.84. The number of amides is 2. The van der Waals surface area contributed by atoms with Gasteiger partial charge >= 0.3 is 5.22 Å². The van der Waals surface area contributed by atoms with Crippen molar-refractivity contribution >= 4 is 22.6 Å². The predicted molar refractivity (Wildman–Crippen MR) is 142 cm³/mol. The lowest BCUT2D eigenvalue weighted by Crippen LogP contribution is -2.33. The minimum Gasteiger partial charge on any atom is -0.410 e.